The number of benzene rings is 1. The summed E-state index contributed by atoms with van der Waals surface area (Å²) >= 11 is 0. The molecule has 1 amide bonds. The van der Waals surface area contributed by atoms with Crippen LogP contribution in [-0.4, -0.2) is 30.1 Å². The molecule has 0 heterocycles. The molecule has 0 bridgehead atoms. The van der Waals surface area contributed by atoms with Gasteiger partial charge in [-0.2, -0.15) is 0 Å². The van der Waals surface area contributed by atoms with Crippen LogP contribution in [-0.2, 0) is 14.3 Å². The fourth-order valence-corrected chi connectivity index (χ4v) is 2.70. The van der Waals surface area contributed by atoms with E-state index in [-0.39, 0.29) is 38.7 Å². The van der Waals surface area contributed by atoms with Crippen LogP contribution < -0.4 is 0 Å². The Hall–Kier alpha value is -2.11. The standard InChI is InChI=1S/C18H21F2NO3/c1-2-24-16(22)12-15(13-6-4-3-5-7-13)21-17(23)14-8-10-18(19,20)11-9-14/h3-7,14H,2,8-12H2,1H3. The lowest BCUT2D eigenvalue weighted by molar-refractivity contribution is -0.141. The van der Waals surface area contributed by atoms with Crippen molar-refractivity contribution < 1.29 is 23.1 Å². The van der Waals surface area contributed by atoms with Crippen LogP contribution in [0.2, 0.25) is 0 Å². The van der Waals surface area contributed by atoms with Gasteiger partial charge >= 0.3 is 5.97 Å². The summed E-state index contributed by atoms with van der Waals surface area (Å²) in [5.41, 5.74) is 0.969. The van der Waals surface area contributed by atoms with Gasteiger partial charge in [0, 0.05) is 18.8 Å². The molecule has 1 aromatic carbocycles. The number of aliphatic imine (C=N–C) groups is 1. The van der Waals surface area contributed by atoms with Gasteiger partial charge in [-0.1, -0.05) is 30.3 Å². The largest absolute Gasteiger partial charge is 0.466 e. The molecule has 1 saturated carbocycles. The lowest BCUT2D eigenvalue weighted by atomic mass is 9.86. The number of hydrogen-bond donors (Lipinski definition) is 0. The Morgan fingerprint density at radius 3 is 2.42 bits per heavy atom. The molecule has 1 fully saturated rings. The predicted molar refractivity (Wildman–Crippen MR) is 86.1 cm³/mol. The fourth-order valence-electron chi connectivity index (χ4n) is 2.70. The topological polar surface area (TPSA) is 55.7 Å². The average molecular weight is 337 g/mol. The Morgan fingerprint density at radius 2 is 1.83 bits per heavy atom. The second kappa shape index (κ2) is 8.13. The van der Waals surface area contributed by atoms with Crippen LogP contribution in [0.3, 0.4) is 0 Å². The van der Waals surface area contributed by atoms with Gasteiger partial charge in [0.25, 0.3) is 0 Å². The van der Waals surface area contributed by atoms with E-state index in [4.69, 9.17) is 4.74 Å². The summed E-state index contributed by atoms with van der Waals surface area (Å²) in [6.45, 7) is 1.94. The highest BCUT2D eigenvalue weighted by atomic mass is 19.3. The van der Waals surface area contributed by atoms with Crippen molar-refractivity contribution in [3.05, 3.63) is 35.9 Å². The van der Waals surface area contributed by atoms with Crippen molar-refractivity contribution in [3.63, 3.8) is 0 Å². The van der Waals surface area contributed by atoms with Crippen LogP contribution in [0, 0.1) is 5.92 Å². The molecule has 0 radical (unpaired) electrons. The molecule has 4 nitrogen and oxygen atoms in total. The van der Waals surface area contributed by atoms with Crippen LogP contribution >= 0.6 is 0 Å². The molecule has 130 valence electrons. The lowest BCUT2D eigenvalue weighted by Gasteiger charge is -2.26. The van der Waals surface area contributed by atoms with Gasteiger partial charge < -0.3 is 4.74 Å². The maximum absolute atomic E-state index is 13.2. The second-order valence-corrected chi connectivity index (χ2v) is 5.87. The first-order valence-electron chi connectivity index (χ1n) is 8.11. The molecule has 1 aliphatic rings. The van der Waals surface area contributed by atoms with Crippen molar-refractivity contribution in [1.82, 2.24) is 0 Å². The minimum atomic E-state index is -2.69. The van der Waals surface area contributed by atoms with E-state index < -0.39 is 23.7 Å². The van der Waals surface area contributed by atoms with Gasteiger partial charge in [0.05, 0.1) is 18.7 Å². The fraction of sp³-hybridized carbons (Fsp3) is 0.500. The molecule has 0 saturated heterocycles. The maximum atomic E-state index is 13.2. The molecule has 1 aliphatic carbocycles. The van der Waals surface area contributed by atoms with Gasteiger partial charge in [0.15, 0.2) is 0 Å². The molecule has 0 aromatic heterocycles. The Labute approximate surface area is 139 Å². The lowest BCUT2D eigenvalue weighted by Crippen LogP contribution is -2.28. The van der Waals surface area contributed by atoms with Crippen LogP contribution in [0.4, 0.5) is 8.78 Å². The highest BCUT2D eigenvalue weighted by Gasteiger charge is 2.37. The first kappa shape index (κ1) is 18.2. The Balaban J connectivity index is 2.15. The molecule has 0 N–H and O–H groups in total. The predicted octanol–water partition coefficient (Wildman–Crippen LogP) is 3.78. The van der Waals surface area contributed by atoms with Crippen molar-refractivity contribution in [1.29, 1.82) is 0 Å². The third-order valence-corrected chi connectivity index (χ3v) is 4.04. The molecular weight excluding hydrogens is 316 g/mol. The van der Waals surface area contributed by atoms with Crippen molar-refractivity contribution in [2.75, 3.05) is 6.61 Å². The summed E-state index contributed by atoms with van der Waals surface area (Å²) in [6.07, 6.45) is -0.463. The molecule has 2 rings (SSSR count). The first-order valence-corrected chi connectivity index (χ1v) is 8.11. The van der Waals surface area contributed by atoms with Crippen LogP contribution in [0.25, 0.3) is 0 Å². The first-order chi connectivity index (χ1) is 11.4. The number of carbonyl (C=O) groups is 2. The smallest absolute Gasteiger partial charge is 0.311 e. The van der Waals surface area contributed by atoms with Crippen molar-refractivity contribution in [2.24, 2.45) is 10.9 Å². The SMILES string of the molecule is CCOC(=O)CC(=NC(=O)C1CCC(F)(F)CC1)c1ccccc1. The van der Waals surface area contributed by atoms with Gasteiger partial charge in [-0.05, 0) is 25.3 Å². The zero-order valence-corrected chi connectivity index (χ0v) is 13.6. The average Bonchev–Trinajstić information content (AvgIpc) is 2.55. The van der Waals surface area contributed by atoms with Crippen LogP contribution in [0.15, 0.2) is 35.3 Å². The minimum Gasteiger partial charge on any atom is -0.466 e. The number of nitrogens with zero attached hydrogens (tertiary/aromatic N) is 1. The van der Waals surface area contributed by atoms with Crippen molar-refractivity contribution in [2.45, 2.75) is 45.0 Å². The molecule has 0 spiro atoms. The summed E-state index contributed by atoms with van der Waals surface area (Å²) in [6, 6.07) is 8.88. The van der Waals surface area contributed by atoms with Crippen molar-refractivity contribution in [3.8, 4) is 0 Å². The van der Waals surface area contributed by atoms with Gasteiger partial charge in [-0.3, -0.25) is 9.59 Å². The summed E-state index contributed by atoms with van der Waals surface area (Å²) in [5.74, 6) is -4.10. The zero-order valence-electron chi connectivity index (χ0n) is 13.6. The molecule has 0 aliphatic heterocycles. The van der Waals surface area contributed by atoms with E-state index in [0.29, 0.717) is 11.3 Å². The van der Waals surface area contributed by atoms with Crippen molar-refractivity contribution >= 4 is 17.6 Å². The van der Waals surface area contributed by atoms with Gasteiger partial charge in [0.1, 0.15) is 0 Å². The number of ether oxygens (including phenoxy) is 1. The van der Waals surface area contributed by atoms with Gasteiger partial charge in [-0.15, -0.1) is 0 Å². The number of hydrogen-bond acceptors (Lipinski definition) is 3. The number of rotatable bonds is 5. The summed E-state index contributed by atoms with van der Waals surface area (Å²) in [7, 11) is 0. The summed E-state index contributed by atoms with van der Waals surface area (Å²) in [5, 5.41) is 0. The molecule has 0 unspecified atom stereocenters. The van der Waals surface area contributed by atoms with E-state index in [0.717, 1.165) is 0 Å². The van der Waals surface area contributed by atoms with E-state index in [2.05, 4.69) is 4.99 Å². The van der Waals surface area contributed by atoms with E-state index in [9.17, 15) is 18.4 Å². The number of carbonyl (C=O) groups excluding carboxylic acids is 2. The third kappa shape index (κ3) is 5.22. The monoisotopic (exact) mass is 337 g/mol. The summed E-state index contributed by atoms with van der Waals surface area (Å²) in [4.78, 5) is 28.2. The van der Waals surface area contributed by atoms with E-state index in [1.807, 2.05) is 6.07 Å². The Kier molecular flexibility index (Phi) is 6.17. The molecule has 0 atom stereocenters. The normalized spacial score (nSPS) is 18.2. The number of halogens is 2. The van der Waals surface area contributed by atoms with Gasteiger partial charge in [-0.25, -0.2) is 13.8 Å². The number of esters is 1. The third-order valence-electron chi connectivity index (χ3n) is 4.04. The quantitative estimate of drug-likeness (QED) is 0.607. The van der Waals surface area contributed by atoms with Crippen LogP contribution in [0.1, 0.15) is 44.6 Å². The second-order valence-electron chi connectivity index (χ2n) is 5.87. The molecular formula is C18H21F2NO3. The van der Waals surface area contributed by atoms with E-state index in [1.54, 1.807) is 31.2 Å². The molecule has 1 aromatic rings. The summed E-state index contributed by atoms with van der Waals surface area (Å²) < 4.78 is 31.4. The Bertz CT molecular complexity index is 604. The maximum Gasteiger partial charge on any atom is 0.311 e. The Morgan fingerprint density at radius 1 is 1.21 bits per heavy atom. The minimum absolute atomic E-state index is 0.119. The van der Waals surface area contributed by atoms with E-state index in [1.165, 1.54) is 0 Å². The zero-order chi connectivity index (χ0) is 17.6. The molecule has 24 heavy (non-hydrogen) atoms. The number of alkyl halides is 2. The highest BCUT2D eigenvalue weighted by Crippen LogP contribution is 2.36. The highest BCUT2D eigenvalue weighted by molar-refractivity contribution is 6.13. The van der Waals surface area contributed by atoms with Gasteiger partial charge in [0.2, 0.25) is 11.8 Å². The molecule has 6 heteroatoms. The number of amides is 1. The van der Waals surface area contributed by atoms with E-state index >= 15 is 0 Å². The van der Waals surface area contributed by atoms with Crippen LogP contribution in [0.5, 0.6) is 0 Å².